The Morgan fingerprint density at radius 2 is 1.96 bits per heavy atom. The number of benzene rings is 2. The van der Waals surface area contributed by atoms with Crippen molar-refractivity contribution in [3.05, 3.63) is 60.4 Å². The second-order valence-electron chi connectivity index (χ2n) is 4.94. The minimum absolute atomic E-state index is 0.566. The molecule has 1 heterocycles. The molecule has 3 aromatic rings. The topological polar surface area (TPSA) is 59.4 Å². The Hall–Kier alpha value is -3.39. The maximum Gasteiger partial charge on any atom is 0.159 e. The van der Waals surface area contributed by atoms with Gasteiger partial charge in [0.25, 0.3) is 0 Å². The highest BCUT2D eigenvalue weighted by atomic mass is 16.6. The summed E-state index contributed by atoms with van der Waals surface area (Å²) in [7, 11) is 1.50. The predicted octanol–water partition coefficient (Wildman–Crippen LogP) is 3.75. The predicted molar refractivity (Wildman–Crippen MR) is 96.3 cm³/mol. The molecule has 0 unspecified atom stereocenters. The molecule has 0 spiro atoms. The molecular weight excluding hydrogens is 300 g/mol. The average molecular weight is 316 g/mol. The smallest absolute Gasteiger partial charge is 0.159 e. The Balaban J connectivity index is 2.08. The lowest BCUT2D eigenvalue weighted by Crippen LogP contribution is -2.01. The summed E-state index contributed by atoms with van der Waals surface area (Å²) in [4.78, 5) is 13.6. The van der Waals surface area contributed by atoms with Gasteiger partial charge in [0.15, 0.2) is 5.71 Å². The maximum atomic E-state index is 4.89. The Morgan fingerprint density at radius 3 is 2.71 bits per heavy atom. The van der Waals surface area contributed by atoms with Gasteiger partial charge in [0.2, 0.25) is 0 Å². The molecule has 5 heteroatoms. The van der Waals surface area contributed by atoms with Gasteiger partial charge in [0, 0.05) is 16.6 Å². The number of anilines is 2. The van der Waals surface area contributed by atoms with Crippen molar-refractivity contribution in [1.29, 1.82) is 0 Å². The normalized spacial score (nSPS) is 10.8. The monoisotopic (exact) mass is 316 g/mol. The zero-order valence-corrected chi connectivity index (χ0v) is 13.4. The van der Waals surface area contributed by atoms with E-state index in [-0.39, 0.29) is 0 Å². The van der Waals surface area contributed by atoms with Crippen LogP contribution in [0.2, 0.25) is 0 Å². The van der Waals surface area contributed by atoms with E-state index < -0.39 is 0 Å². The largest absolute Gasteiger partial charge is 0.398 e. The van der Waals surface area contributed by atoms with E-state index in [2.05, 4.69) is 32.3 Å². The maximum absolute atomic E-state index is 4.89. The van der Waals surface area contributed by atoms with Crippen LogP contribution in [0.1, 0.15) is 12.5 Å². The highest BCUT2D eigenvalue weighted by Gasteiger charge is 2.08. The van der Waals surface area contributed by atoms with Crippen LogP contribution in [0.3, 0.4) is 0 Å². The van der Waals surface area contributed by atoms with E-state index in [0.717, 1.165) is 28.0 Å². The zero-order chi connectivity index (χ0) is 16.8. The Labute approximate surface area is 140 Å². The molecule has 0 aliphatic rings. The third-order valence-electron chi connectivity index (χ3n) is 3.37. The number of aromatic nitrogens is 2. The number of para-hydroxylation sites is 1. The minimum atomic E-state index is 0.566. The van der Waals surface area contributed by atoms with Gasteiger partial charge in [-0.15, -0.1) is 0 Å². The number of oxime groups is 1. The standard InChI is InChI=1S/C19H16N4O/c1-3-7-17(23-24-2)14-10-11-18-16(12-14)19(21-13-20-18)22-15-8-5-4-6-9-15/h4-6,8-13H,1-2H3,(H,20,21,22)/b23-17+. The summed E-state index contributed by atoms with van der Waals surface area (Å²) in [5, 5.41) is 8.19. The molecule has 118 valence electrons. The van der Waals surface area contributed by atoms with Gasteiger partial charge in [0.1, 0.15) is 19.3 Å². The number of hydrogen-bond donors (Lipinski definition) is 1. The molecule has 0 atom stereocenters. The van der Waals surface area contributed by atoms with Crippen LogP contribution in [0.4, 0.5) is 11.5 Å². The van der Waals surface area contributed by atoms with Gasteiger partial charge in [0.05, 0.1) is 5.52 Å². The van der Waals surface area contributed by atoms with Crippen molar-refractivity contribution < 1.29 is 4.84 Å². The summed E-state index contributed by atoms with van der Waals surface area (Å²) in [6.45, 7) is 1.76. The second-order valence-corrected chi connectivity index (χ2v) is 4.94. The molecule has 0 amide bonds. The Bertz CT molecular complexity index is 940. The fourth-order valence-electron chi connectivity index (χ4n) is 2.32. The molecular formula is C19H16N4O. The summed E-state index contributed by atoms with van der Waals surface area (Å²) in [5.41, 5.74) is 3.22. The molecule has 0 radical (unpaired) electrons. The molecule has 0 aliphatic carbocycles. The van der Waals surface area contributed by atoms with Crippen LogP contribution in [-0.4, -0.2) is 22.8 Å². The highest BCUT2D eigenvalue weighted by molar-refractivity contribution is 6.14. The quantitative estimate of drug-likeness (QED) is 0.452. The van der Waals surface area contributed by atoms with Crippen molar-refractivity contribution in [2.75, 3.05) is 12.4 Å². The van der Waals surface area contributed by atoms with E-state index in [1.165, 1.54) is 7.11 Å². The van der Waals surface area contributed by atoms with Gasteiger partial charge in [-0.3, -0.25) is 0 Å². The molecule has 2 aromatic carbocycles. The summed E-state index contributed by atoms with van der Waals surface area (Å²) < 4.78 is 0. The van der Waals surface area contributed by atoms with E-state index in [4.69, 9.17) is 4.84 Å². The first-order valence-corrected chi connectivity index (χ1v) is 7.43. The summed E-state index contributed by atoms with van der Waals surface area (Å²) >= 11 is 0. The van der Waals surface area contributed by atoms with E-state index in [0.29, 0.717) is 5.71 Å². The fraction of sp³-hybridized carbons (Fsp3) is 0.105. The van der Waals surface area contributed by atoms with Crippen molar-refractivity contribution in [2.24, 2.45) is 5.16 Å². The van der Waals surface area contributed by atoms with Crippen molar-refractivity contribution in [1.82, 2.24) is 9.97 Å². The van der Waals surface area contributed by atoms with Crippen LogP contribution >= 0.6 is 0 Å². The second kappa shape index (κ2) is 7.25. The van der Waals surface area contributed by atoms with Crippen molar-refractivity contribution in [3.8, 4) is 11.8 Å². The van der Waals surface area contributed by atoms with Crippen LogP contribution in [0, 0.1) is 11.8 Å². The van der Waals surface area contributed by atoms with Gasteiger partial charge >= 0.3 is 0 Å². The van der Waals surface area contributed by atoms with Crippen molar-refractivity contribution in [3.63, 3.8) is 0 Å². The first-order chi connectivity index (χ1) is 11.8. The molecule has 0 aliphatic heterocycles. The highest BCUT2D eigenvalue weighted by Crippen LogP contribution is 2.24. The zero-order valence-electron chi connectivity index (χ0n) is 13.4. The van der Waals surface area contributed by atoms with Gasteiger partial charge < -0.3 is 10.2 Å². The minimum Gasteiger partial charge on any atom is -0.398 e. The summed E-state index contributed by atoms with van der Waals surface area (Å²) in [6, 6.07) is 15.7. The van der Waals surface area contributed by atoms with Crippen LogP contribution in [0.5, 0.6) is 0 Å². The Morgan fingerprint density at radius 1 is 1.12 bits per heavy atom. The van der Waals surface area contributed by atoms with Gasteiger partial charge in [-0.2, -0.15) is 0 Å². The number of rotatable bonds is 4. The lowest BCUT2D eigenvalue weighted by molar-refractivity contribution is 0.214. The van der Waals surface area contributed by atoms with E-state index in [9.17, 15) is 0 Å². The lowest BCUT2D eigenvalue weighted by atomic mass is 10.1. The van der Waals surface area contributed by atoms with Crippen LogP contribution < -0.4 is 5.32 Å². The average Bonchev–Trinajstić information content (AvgIpc) is 2.62. The van der Waals surface area contributed by atoms with Gasteiger partial charge in [-0.1, -0.05) is 29.3 Å². The molecule has 0 fully saturated rings. The molecule has 0 saturated carbocycles. The first kappa shape index (κ1) is 15.5. The SMILES string of the molecule is CC#C/C(=N\OC)c1ccc2ncnc(Nc3ccccc3)c2c1. The molecule has 0 bridgehead atoms. The summed E-state index contributed by atoms with van der Waals surface area (Å²) in [5.74, 6) is 6.52. The lowest BCUT2D eigenvalue weighted by Gasteiger charge is -2.09. The molecule has 0 saturated heterocycles. The van der Waals surface area contributed by atoms with Crippen molar-refractivity contribution >= 4 is 28.1 Å². The van der Waals surface area contributed by atoms with Gasteiger partial charge in [-0.25, -0.2) is 9.97 Å². The van der Waals surface area contributed by atoms with E-state index >= 15 is 0 Å². The molecule has 1 aromatic heterocycles. The number of nitrogens with one attached hydrogen (secondary N) is 1. The third-order valence-corrected chi connectivity index (χ3v) is 3.37. The van der Waals surface area contributed by atoms with Crippen LogP contribution in [-0.2, 0) is 4.84 Å². The Kier molecular flexibility index (Phi) is 4.68. The molecule has 3 rings (SSSR count). The first-order valence-electron chi connectivity index (χ1n) is 7.43. The molecule has 24 heavy (non-hydrogen) atoms. The summed E-state index contributed by atoms with van der Waals surface area (Å²) in [6.07, 6.45) is 1.54. The van der Waals surface area contributed by atoms with E-state index in [1.807, 2.05) is 48.5 Å². The van der Waals surface area contributed by atoms with E-state index in [1.54, 1.807) is 13.3 Å². The fourth-order valence-corrected chi connectivity index (χ4v) is 2.32. The number of fused-ring (bicyclic) bond motifs is 1. The molecule has 1 N–H and O–H groups in total. The van der Waals surface area contributed by atoms with Gasteiger partial charge in [-0.05, 0) is 43.2 Å². The third kappa shape index (κ3) is 3.33. The van der Waals surface area contributed by atoms with Crippen LogP contribution in [0.25, 0.3) is 10.9 Å². The molecule has 5 nitrogen and oxygen atoms in total. The van der Waals surface area contributed by atoms with Crippen LogP contribution in [0.15, 0.2) is 60.0 Å². The van der Waals surface area contributed by atoms with Crippen molar-refractivity contribution in [2.45, 2.75) is 6.92 Å². The number of nitrogens with zero attached hydrogens (tertiary/aromatic N) is 3. The number of hydrogen-bond acceptors (Lipinski definition) is 5.